The molecule has 31 heavy (non-hydrogen) atoms. The summed E-state index contributed by atoms with van der Waals surface area (Å²) in [7, 11) is 0. The molecule has 1 amide bonds. The predicted molar refractivity (Wildman–Crippen MR) is 124 cm³/mol. The first-order chi connectivity index (χ1) is 15.1. The highest BCUT2D eigenvalue weighted by Crippen LogP contribution is 2.32. The fraction of sp³-hybridized carbons (Fsp3) is 0.292. The van der Waals surface area contributed by atoms with Crippen LogP contribution in [0.25, 0.3) is 0 Å². The Bertz CT molecular complexity index is 1040. The summed E-state index contributed by atoms with van der Waals surface area (Å²) >= 11 is 3.43. The molecule has 1 saturated heterocycles. The van der Waals surface area contributed by atoms with Crippen LogP contribution >= 0.6 is 15.9 Å². The monoisotopic (exact) mass is 480 g/mol. The molecule has 1 aromatic heterocycles. The molecular formula is C24H25BrN4O2. The molecule has 2 heterocycles. The molecule has 0 radical (unpaired) electrons. The van der Waals surface area contributed by atoms with E-state index in [1.807, 2.05) is 55.5 Å². The average Bonchev–Trinajstić information content (AvgIpc) is 2.80. The van der Waals surface area contributed by atoms with E-state index >= 15 is 0 Å². The number of amides is 1. The summed E-state index contributed by atoms with van der Waals surface area (Å²) in [6.07, 6.45) is 5.06. The van der Waals surface area contributed by atoms with Crippen LogP contribution in [0.5, 0.6) is 11.6 Å². The Hall–Kier alpha value is -2.93. The molecule has 1 aliphatic heterocycles. The highest BCUT2D eigenvalue weighted by molar-refractivity contribution is 9.10. The number of piperidine rings is 1. The molecule has 1 aliphatic rings. The second-order valence-corrected chi connectivity index (χ2v) is 8.60. The van der Waals surface area contributed by atoms with Gasteiger partial charge in [-0.3, -0.25) is 4.79 Å². The number of para-hydroxylation sites is 1. The van der Waals surface area contributed by atoms with Crippen LogP contribution in [0.1, 0.15) is 24.0 Å². The number of hydrogen-bond acceptors (Lipinski definition) is 5. The van der Waals surface area contributed by atoms with Crippen LogP contribution in [0, 0.1) is 12.8 Å². The number of aromatic nitrogens is 2. The lowest BCUT2D eigenvalue weighted by molar-refractivity contribution is -0.125. The number of nitrogens with one attached hydrogen (secondary N) is 1. The van der Waals surface area contributed by atoms with E-state index in [0.29, 0.717) is 24.8 Å². The van der Waals surface area contributed by atoms with Crippen molar-refractivity contribution in [3.8, 4) is 11.6 Å². The maximum Gasteiger partial charge on any atom is 0.263 e. The van der Waals surface area contributed by atoms with E-state index in [9.17, 15) is 4.79 Å². The summed E-state index contributed by atoms with van der Waals surface area (Å²) in [5.41, 5.74) is 2.11. The summed E-state index contributed by atoms with van der Waals surface area (Å²) in [5.74, 6) is 1.87. The van der Waals surface area contributed by atoms with Crippen molar-refractivity contribution in [1.29, 1.82) is 0 Å². The highest BCUT2D eigenvalue weighted by Gasteiger charge is 2.28. The number of nitrogens with zero attached hydrogens (tertiary/aromatic N) is 3. The van der Waals surface area contributed by atoms with Gasteiger partial charge >= 0.3 is 0 Å². The lowest BCUT2D eigenvalue weighted by atomic mass is 9.97. The van der Waals surface area contributed by atoms with Gasteiger partial charge in [0.15, 0.2) is 5.82 Å². The molecule has 2 aromatic carbocycles. The second kappa shape index (κ2) is 9.92. The summed E-state index contributed by atoms with van der Waals surface area (Å²) < 4.78 is 7.11. The topological polar surface area (TPSA) is 67.4 Å². The van der Waals surface area contributed by atoms with Gasteiger partial charge in [0.1, 0.15) is 5.75 Å². The van der Waals surface area contributed by atoms with Crippen molar-refractivity contribution < 1.29 is 9.53 Å². The normalized spacial score (nSPS) is 16.1. The second-order valence-electron chi connectivity index (χ2n) is 7.68. The molecule has 0 unspecified atom stereocenters. The van der Waals surface area contributed by atoms with E-state index in [4.69, 9.17) is 4.74 Å². The van der Waals surface area contributed by atoms with Crippen LogP contribution in [-0.2, 0) is 11.3 Å². The maximum absolute atomic E-state index is 12.8. The zero-order valence-electron chi connectivity index (χ0n) is 17.4. The van der Waals surface area contributed by atoms with Crippen molar-refractivity contribution in [2.24, 2.45) is 5.92 Å². The Morgan fingerprint density at radius 1 is 1.16 bits per heavy atom. The van der Waals surface area contributed by atoms with Crippen molar-refractivity contribution in [3.63, 3.8) is 0 Å². The van der Waals surface area contributed by atoms with E-state index in [-0.39, 0.29) is 11.8 Å². The molecular weight excluding hydrogens is 456 g/mol. The first kappa shape index (κ1) is 21.3. The zero-order valence-corrected chi connectivity index (χ0v) is 19.0. The van der Waals surface area contributed by atoms with Gasteiger partial charge in [-0.1, -0.05) is 46.3 Å². The zero-order chi connectivity index (χ0) is 21.6. The minimum Gasteiger partial charge on any atom is -0.436 e. The lowest BCUT2D eigenvalue weighted by Gasteiger charge is -2.33. The maximum atomic E-state index is 12.8. The number of hydrogen-bond donors (Lipinski definition) is 1. The number of halogens is 1. The van der Waals surface area contributed by atoms with Gasteiger partial charge in [0.2, 0.25) is 5.91 Å². The quantitative estimate of drug-likeness (QED) is 0.544. The van der Waals surface area contributed by atoms with Gasteiger partial charge in [-0.2, -0.15) is 0 Å². The Morgan fingerprint density at radius 3 is 2.74 bits per heavy atom. The average molecular weight is 481 g/mol. The molecule has 6 nitrogen and oxygen atoms in total. The van der Waals surface area contributed by atoms with E-state index in [0.717, 1.165) is 40.7 Å². The van der Waals surface area contributed by atoms with E-state index in [1.54, 1.807) is 12.4 Å². The molecule has 7 heteroatoms. The van der Waals surface area contributed by atoms with E-state index < -0.39 is 0 Å². The summed E-state index contributed by atoms with van der Waals surface area (Å²) in [4.78, 5) is 23.9. The molecule has 1 atom stereocenters. The minimum absolute atomic E-state index is 0.0675. The van der Waals surface area contributed by atoms with Crippen LogP contribution in [0.2, 0.25) is 0 Å². The molecule has 0 spiro atoms. The number of carbonyl (C=O) groups is 1. The number of rotatable bonds is 6. The van der Waals surface area contributed by atoms with Crippen molar-refractivity contribution in [1.82, 2.24) is 15.3 Å². The highest BCUT2D eigenvalue weighted by atomic mass is 79.9. The van der Waals surface area contributed by atoms with Crippen molar-refractivity contribution >= 4 is 27.7 Å². The van der Waals surface area contributed by atoms with Crippen molar-refractivity contribution in [3.05, 3.63) is 76.5 Å². The van der Waals surface area contributed by atoms with Crippen LogP contribution in [0.4, 0.5) is 5.82 Å². The Kier molecular flexibility index (Phi) is 6.82. The van der Waals surface area contributed by atoms with Crippen LogP contribution in [0.15, 0.2) is 65.4 Å². The predicted octanol–water partition coefficient (Wildman–Crippen LogP) is 4.87. The third-order valence-electron chi connectivity index (χ3n) is 5.42. The molecule has 160 valence electrons. The van der Waals surface area contributed by atoms with Gasteiger partial charge in [-0.25, -0.2) is 9.97 Å². The Labute approximate surface area is 190 Å². The largest absolute Gasteiger partial charge is 0.436 e. The van der Waals surface area contributed by atoms with E-state index in [2.05, 4.69) is 36.1 Å². The smallest absolute Gasteiger partial charge is 0.263 e. The Balaban J connectivity index is 1.43. The van der Waals surface area contributed by atoms with Crippen LogP contribution in [0.3, 0.4) is 0 Å². The first-order valence-electron chi connectivity index (χ1n) is 10.4. The summed E-state index contributed by atoms with van der Waals surface area (Å²) in [6, 6.07) is 15.8. The molecule has 3 aromatic rings. The standard InChI is InChI=1S/C24H25BrN4O2/c1-17-5-2-3-7-21(17)31-24-22(26-12-13-27-24)29-14-4-6-19(16-29)23(30)28-15-18-8-10-20(25)11-9-18/h2-3,5,7-13,19H,4,6,14-16H2,1H3,(H,28,30)/t19-/m0/s1. The lowest BCUT2D eigenvalue weighted by Crippen LogP contribution is -2.43. The fourth-order valence-electron chi connectivity index (χ4n) is 3.70. The van der Waals surface area contributed by atoms with Gasteiger partial charge in [-0.05, 0) is 49.1 Å². The van der Waals surface area contributed by atoms with Gasteiger partial charge in [-0.15, -0.1) is 0 Å². The third-order valence-corrected chi connectivity index (χ3v) is 5.95. The number of ether oxygens (including phenoxy) is 1. The van der Waals surface area contributed by atoms with Crippen molar-refractivity contribution in [2.45, 2.75) is 26.3 Å². The number of anilines is 1. The van der Waals surface area contributed by atoms with Crippen molar-refractivity contribution in [2.75, 3.05) is 18.0 Å². The number of aryl methyl sites for hydroxylation is 1. The molecule has 0 saturated carbocycles. The molecule has 0 aliphatic carbocycles. The third kappa shape index (κ3) is 5.41. The van der Waals surface area contributed by atoms with Gasteiger partial charge < -0.3 is 15.0 Å². The van der Waals surface area contributed by atoms with E-state index in [1.165, 1.54) is 0 Å². The SMILES string of the molecule is Cc1ccccc1Oc1nccnc1N1CCC[C@H](C(=O)NCc2ccc(Br)cc2)C1. The molecule has 0 bridgehead atoms. The molecule has 4 rings (SSSR count). The van der Waals surface area contributed by atoms with Gasteiger partial charge in [0.05, 0.1) is 5.92 Å². The first-order valence-corrected chi connectivity index (χ1v) is 11.2. The fourth-order valence-corrected chi connectivity index (χ4v) is 3.97. The minimum atomic E-state index is -0.0995. The van der Waals surface area contributed by atoms with Gasteiger partial charge in [0.25, 0.3) is 5.88 Å². The van der Waals surface area contributed by atoms with Crippen LogP contribution < -0.4 is 15.0 Å². The number of benzene rings is 2. The number of carbonyl (C=O) groups excluding carboxylic acids is 1. The summed E-state index contributed by atoms with van der Waals surface area (Å²) in [6.45, 7) is 3.93. The summed E-state index contributed by atoms with van der Waals surface area (Å²) in [5, 5.41) is 3.07. The van der Waals surface area contributed by atoms with Gasteiger partial charge in [0, 0.05) is 36.5 Å². The molecule has 1 fully saturated rings. The van der Waals surface area contributed by atoms with Crippen LogP contribution in [-0.4, -0.2) is 29.0 Å². The Morgan fingerprint density at radius 2 is 1.94 bits per heavy atom. The molecule has 1 N–H and O–H groups in total.